The summed E-state index contributed by atoms with van der Waals surface area (Å²) < 4.78 is 25.4. The molecule has 0 aromatic heterocycles. The second kappa shape index (κ2) is 5.12. The fourth-order valence-electron chi connectivity index (χ4n) is 1.87. The lowest BCUT2D eigenvalue weighted by Crippen LogP contribution is -2.40. The van der Waals surface area contributed by atoms with Crippen LogP contribution < -0.4 is 5.73 Å². The third-order valence-corrected chi connectivity index (χ3v) is 5.80. The minimum Gasteiger partial charge on any atom is -0.369 e. The van der Waals surface area contributed by atoms with Gasteiger partial charge in [0.15, 0.2) is 0 Å². The Balaban J connectivity index is 2.74. The normalized spacial score (nSPS) is 28.2. The molecule has 1 heterocycles. The molecule has 1 aliphatic heterocycles. The molecule has 0 radical (unpaired) electrons. The van der Waals surface area contributed by atoms with Gasteiger partial charge in [0.05, 0.1) is 11.2 Å². The fraction of sp³-hybridized carbons (Fsp3) is 0.900. The van der Waals surface area contributed by atoms with Crippen LogP contribution in [0.4, 0.5) is 0 Å². The lowest BCUT2D eigenvalue weighted by atomic mass is 9.89. The van der Waals surface area contributed by atoms with Gasteiger partial charge in [0.25, 0.3) is 0 Å². The Labute approximate surface area is 107 Å². The minimum absolute atomic E-state index is 0.0192. The van der Waals surface area contributed by atoms with E-state index in [9.17, 15) is 13.2 Å². The van der Waals surface area contributed by atoms with E-state index in [2.05, 4.69) is 0 Å². The van der Waals surface area contributed by atoms with E-state index in [-0.39, 0.29) is 18.2 Å². The van der Waals surface area contributed by atoms with Crippen LogP contribution in [-0.4, -0.2) is 43.4 Å². The topological polar surface area (TPSA) is 80.5 Å². The number of sulfonamides is 1. The zero-order chi connectivity index (χ0) is 13.3. The maximum absolute atomic E-state index is 12.0. The summed E-state index contributed by atoms with van der Waals surface area (Å²) in [6.45, 7) is 4.03. The van der Waals surface area contributed by atoms with Crippen molar-refractivity contribution in [2.24, 2.45) is 17.1 Å². The van der Waals surface area contributed by atoms with Gasteiger partial charge in [0.2, 0.25) is 15.9 Å². The lowest BCUT2D eigenvalue weighted by Gasteiger charge is -2.21. The van der Waals surface area contributed by atoms with Crippen LogP contribution in [0.2, 0.25) is 0 Å². The van der Waals surface area contributed by atoms with Crippen LogP contribution in [0.25, 0.3) is 0 Å². The summed E-state index contributed by atoms with van der Waals surface area (Å²) in [5.74, 6) is -0.214. The second-order valence-electron chi connectivity index (χ2n) is 5.05. The third kappa shape index (κ3) is 3.33. The maximum atomic E-state index is 12.0. The van der Waals surface area contributed by atoms with Gasteiger partial charge in [-0.25, -0.2) is 12.7 Å². The quantitative estimate of drug-likeness (QED) is 0.741. The van der Waals surface area contributed by atoms with Crippen molar-refractivity contribution in [1.82, 2.24) is 4.31 Å². The van der Waals surface area contributed by atoms with E-state index in [1.54, 1.807) is 13.8 Å². The summed E-state index contributed by atoms with van der Waals surface area (Å²) in [6.07, 6.45) is 0.483. The van der Waals surface area contributed by atoms with E-state index in [1.165, 1.54) is 4.31 Å². The van der Waals surface area contributed by atoms with Gasteiger partial charge in [0, 0.05) is 19.0 Å². The van der Waals surface area contributed by atoms with Crippen molar-refractivity contribution in [3.05, 3.63) is 0 Å². The summed E-state index contributed by atoms with van der Waals surface area (Å²) >= 11 is 5.61. The van der Waals surface area contributed by atoms with Crippen LogP contribution in [0.3, 0.4) is 0 Å². The first-order valence-corrected chi connectivity index (χ1v) is 7.69. The molecule has 0 spiro atoms. The molecule has 2 unspecified atom stereocenters. The summed E-state index contributed by atoms with van der Waals surface area (Å²) in [4.78, 5) is 11.3. The number of carbonyl (C=O) groups is 1. The molecule has 1 amide bonds. The molecule has 2 atom stereocenters. The monoisotopic (exact) mass is 282 g/mol. The Morgan fingerprint density at radius 1 is 1.59 bits per heavy atom. The lowest BCUT2D eigenvalue weighted by molar-refractivity contribution is -0.126. The molecular weight excluding hydrogens is 264 g/mol. The molecule has 0 bridgehead atoms. The molecule has 0 aromatic carbocycles. The largest absolute Gasteiger partial charge is 0.369 e. The summed E-state index contributed by atoms with van der Waals surface area (Å²) in [7, 11) is -3.33. The number of primary amides is 1. The third-order valence-electron chi connectivity index (χ3n) is 3.19. The van der Waals surface area contributed by atoms with Crippen molar-refractivity contribution in [3.63, 3.8) is 0 Å². The van der Waals surface area contributed by atoms with Crippen LogP contribution in [0, 0.1) is 11.3 Å². The van der Waals surface area contributed by atoms with Gasteiger partial charge in [-0.3, -0.25) is 4.79 Å². The second-order valence-corrected chi connectivity index (χ2v) is 7.37. The van der Waals surface area contributed by atoms with E-state index in [4.69, 9.17) is 17.3 Å². The molecule has 1 rings (SSSR count). The summed E-state index contributed by atoms with van der Waals surface area (Å²) in [5, 5.41) is 0. The van der Waals surface area contributed by atoms with E-state index in [0.717, 1.165) is 0 Å². The van der Waals surface area contributed by atoms with Crippen LogP contribution in [0.1, 0.15) is 20.3 Å². The Morgan fingerprint density at radius 3 is 2.59 bits per heavy atom. The number of hydrogen-bond donors (Lipinski definition) is 1. The number of carbonyl (C=O) groups excluding carboxylic acids is 1. The minimum atomic E-state index is -3.33. The van der Waals surface area contributed by atoms with Gasteiger partial charge in [-0.2, -0.15) is 0 Å². The molecule has 1 saturated heterocycles. The van der Waals surface area contributed by atoms with E-state index in [0.29, 0.717) is 18.8 Å². The van der Waals surface area contributed by atoms with Crippen molar-refractivity contribution in [1.29, 1.82) is 0 Å². The van der Waals surface area contributed by atoms with Gasteiger partial charge < -0.3 is 5.73 Å². The number of hydrogen-bond acceptors (Lipinski definition) is 3. The molecule has 0 aromatic rings. The highest BCUT2D eigenvalue weighted by molar-refractivity contribution is 7.89. The van der Waals surface area contributed by atoms with Crippen LogP contribution in [0.5, 0.6) is 0 Å². The Bertz CT molecular complexity index is 398. The Morgan fingerprint density at radius 2 is 2.18 bits per heavy atom. The molecular formula is C10H19ClN2O3S. The SMILES string of the molecule is CC(CCl)CS(=O)(=O)N1CCC(C)(C(N)=O)C1. The number of halogens is 1. The first-order valence-electron chi connectivity index (χ1n) is 5.55. The van der Waals surface area contributed by atoms with Gasteiger partial charge in [-0.05, 0) is 19.3 Å². The maximum Gasteiger partial charge on any atom is 0.224 e. The van der Waals surface area contributed by atoms with E-state index in [1.807, 2.05) is 0 Å². The number of amides is 1. The summed E-state index contributed by atoms with van der Waals surface area (Å²) in [5.41, 5.74) is 4.54. The van der Waals surface area contributed by atoms with Crippen molar-refractivity contribution in [2.75, 3.05) is 24.7 Å². The van der Waals surface area contributed by atoms with Crippen molar-refractivity contribution >= 4 is 27.5 Å². The number of rotatable bonds is 5. The number of alkyl halides is 1. The molecule has 1 aliphatic rings. The first kappa shape index (κ1) is 14.7. The average molecular weight is 283 g/mol. The number of nitrogens with two attached hydrogens (primary N) is 1. The van der Waals surface area contributed by atoms with Gasteiger partial charge in [-0.1, -0.05) is 6.92 Å². The zero-order valence-electron chi connectivity index (χ0n) is 10.1. The average Bonchev–Trinajstić information content (AvgIpc) is 2.62. The standard InChI is InChI=1S/C10H19ClN2O3S/c1-8(5-11)6-17(15,16)13-4-3-10(2,7-13)9(12)14/h8H,3-7H2,1-2H3,(H2,12,14). The molecule has 1 fully saturated rings. The van der Waals surface area contributed by atoms with Gasteiger partial charge in [-0.15, -0.1) is 11.6 Å². The highest BCUT2D eigenvalue weighted by Crippen LogP contribution is 2.31. The van der Waals surface area contributed by atoms with Crippen LogP contribution in [-0.2, 0) is 14.8 Å². The molecule has 7 heteroatoms. The first-order chi connectivity index (χ1) is 7.71. The van der Waals surface area contributed by atoms with Crippen molar-refractivity contribution < 1.29 is 13.2 Å². The molecule has 0 aliphatic carbocycles. The zero-order valence-corrected chi connectivity index (χ0v) is 11.7. The molecule has 0 saturated carbocycles. The smallest absolute Gasteiger partial charge is 0.224 e. The molecule has 2 N–H and O–H groups in total. The van der Waals surface area contributed by atoms with E-state index >= 15 is 0 Å². The predicted octanol–water partition coefficient (Wildman–Crippen LogP) is 0.388. The summed E-state index contributed by atoms with van der Waals surface area (Å²) in [6, 6.07) is 0. The molecule has 5 nitrogen and oxygen atoms in total. The predicted molar refractivity (Wildman–Crippen MR) is 67.2 cm³/mol. The van der Waals surface area contributed by atoms with Gasteiger partial charge in [0.1, 0.15) is 0 Å². The Hall–Kier alpha value is -0.330. The number of nitrogens with zero attached hydrogens (tertiary/aromatic N) is 1. The fourth-order valence-corrected chi connectivity index (χ4v) is 4.00. The van der Waals surface area contributed by atoms with E-state index < -0.39 is 21.3 Å². The van der Waals surface area contributed by atoms with Crippen molar-refractivity contribution in [2.45, 2.75) is 20.3 Å². The highest BCUT2D eigenvalue weighted by Gasteiger charge is 2.43. The Kier molecular flexibility index (Phi) is 4.43. The highest BCUT2D eigenvalue weighted by atomic mass is 35.5. The van der Waals surface area contributed by atoms with Crippen molar-refractivity contribution in [3.8, 4) is 0 Å². The van der Waals surface area contributed by atoms with Gasteiger partial charge >= 0.3 is 0 Å². The van der Waals surface area contributed by atoms with Crippen LogP contribution in [0.15, 0.2) is 0 Å². The molecule has 17 heavy (non-hydrogen) atoms. The van der Waals surface area contributed by atoms with Crippen LogP contribution >= 0.6 is 11.6 Å². The molecule has 100 valence electrons.